The van der Waals surface area contributed by atoms with Gasteiger partial charge in [0.25, 0.3) is 5.56 Å². The van der Waals surface area contributed by atoms with E-state index in [1.165, 1.54) is 23.3 Å². The molecule has 2 heterocycles. The first kappa shape index (κ1) is 16.8. The number of aromatic nitrogens is 1. The van der Waals surface area contributed by atoms with Crippen LogP contribution in [0.2, 0.25) is 0 Å². The Labute approximate surface area is 153 Å². The smallest absolute Gasteiger partial charge is 0.253 e. The first-order valence-electron chi connectivity index (χ1n) is 9.11. The molecule has 0 amide bonds. The summed E-state index contributed by atoms with van der Waals surface area (Å²) in [5.74, 6) is 2.18. The first-order chi connectivity index (χ1) is 12.1. The van der Waals surface area contributed by atoms with E-state index in [1.807, 2.05) is 11.5 Å². The monoisotopic (exact) mass is 355 g/mol. The van der Waals surface area contributed by atoms with E-state index in [-0.39, 0.29) is 5.56 Å². The molecule has 0 unspecified atom stereocenters. The summed E-state index contributed by atoms with van der Waals surface area (Å²) in [6.07, 6.45) is 5.61. The van der Waals surface area contributed by atoms with Crippen molar-refractivity contribution in [3.63, 3.8) is 0 Å². The van der Waals surface area contributed by atoms with Gasteiger partial charge in [-0.2, -0.15) is 0 Å². The van der Waals surface area contributed by atoms with Crippen molar-refractivity contribution in [1.29, 1.82) is 0 Å². The van der Waals surface area contributed by atoms with Crippen molar-refractivity contribution in [2.45, 2.75) is 44.6 Å². The van der Waals surface area contributed by atoms with Gasteiger partial charge in [-0.25, -0.2) is 0 Å². The fourth-order valence-electron chi connectivity index (χ4n) is 3.66. The van der Waals surface area contributed by atoms with Gasteiger partial charge in [0, 0.05) is 33.8 Å². The molecule has 1 aromatic carbocycles. The lowest BCUT2D eigenvalue weighted by atomic mass is 9.98. The fraction of sp³-hybridized carbons (Fsp3) is 0.476. The van der Waals surface area contributed by atoms with Crippen LogP contribution in [0.25, 0.3) is 11.1 Å². The summed E-state index contributed by atoms with van der Waals surface area (Å²) in [7, 11) is 0. The number of aryl methyl sites for hydroxylation is 1. The summed E-state index contributed by atoms with van der Waals surface area (Å²) < 4.78 is 8.15. The highest BCUT2D eigenvalue weighted by atomic mass is 32.2. The second kappa shape index (κ2) is 6.56. The Hall–Kier alpha value is -1.68. The van der Waals surface area contributed by atoms with Crippen LogP contribution >= 0.6 is 11.8 Å². The average Bonchev–Trinajstić information content (AvgIpc) is 3.36. The predicted molar refractivity (Wildman–Crippen MR) is 104 cm³/mol. The van der Waals surface area contributed by atoms with Gasteiger partial charge in [0.1, 0.15) is 5.75 Å². The van der Waals surface area contributed by atoms with E-state index in [9.17, 15) is 4.79 Å². The standard InChI is InChI=1S/C21H25NO2S/c1-13-8-19-17(9-14(2)21(23)22(19)11-13)18-10-16(25-3)6-7-20(18)24-12-15-4-5-15/h6-7,9-10,13,15H,4-5,8,11-12H2,1-3H3/t13-/m1/s1. The molecule has 1 aliphatic carbocycles. The minimum absolute atomic E-state index is 0.157. The number of hydrogen-bond donors (Lipinski definition) is 0. The van der Waals surface area contributed by atoms with E-state index in [1.54, 1.807) is 11.8 Å². The summed E-state index contributed by atoms with van der Waals surface area (Å²) in [6.45, 7) is 5.76. The minimum Gasteiger partial charge on any atom is -0.493 e. The van der Waals surface area contributed by atoms with Crippen molar-refractivity contribution in [3.05, 3.63) is 45.9 Å². The molecule has 25 heavy (non-hydrogen) atoms. The molecule has 1 aromatic heterocycles. The molecular weight excluding hydrogens is 330 g/mol. The van der Waals surface area contributed by atoms with Gasteiger partial charge >= 0.3 is 0 Å². The van der Waals surface area contributed by atoms with Crippen molar-refractivity contribution in [3.8, 4) is 16.9 Å². The van der Waals surface area contributed by atoms with Crippen molar-refractivity contribution in [1.82, 2.24) is 4.57 Å². The molecule has 3 nitrogen and oxygen atoms in total. The van der Waals surface area contributed by atoms with Crippen LogP contribution in [-0.4, -0.2) is 17.4 Å². The number of pyridine rings is 1. The van der Waals surface area contributed by atoms with Gasteiger partial charge < -0.3 is 9.30 Å². The molecule has 1 atom stereocenters. The molecule has 0 bridgehead atoms. The second-order valence-electron chi connectivity index (χ2n) is 7.53. The fourth-order valence-corrected chi connectivity index (χ4v) is 4.10. The molecule has 132 valence electrons. The van der Waals surface area contributed by atoms with Gasteiger partial charge in [-0.05, 0) is 68.5 Å². The highest BCUT2D eigenvalue weighted by molar-refractivity contribution is 7.98. The van der Waals surface area contributed by atoms with Gasteiger partial charge in [0.15, 0.2) is 0 Å². The maximum Gasteiger partial charge on any atom is 0.253 e. The number of ether oxygens (including phenoxy) is 1. The lowest BCUT2D eigenvalue weighted by Gasteiger charge is -2.17. The molecule has 0 radical (unpaired) electrons. The Morgan fingerprint density at radius 1 is 1.24 bits per heavy atom. The van der Waals surface area contributed by atoms with Crippen LogP contribution in [0, 0.1) is 18.8 Å². The Morgan fingerprint density at radius 3 is 2.76 bits per heavy atom. The molecule has 1 aliphatic heterocycles. The maximum atomic E-state index is 12.5. The number of benzene rings is 1. The van der Waals surface area contributed by atoms with Crippen LogP contribution in [0.1, 0.15) is 31.0 Å². The molecule has 0 spiro atoms. The largest absolute Gasteiger partial charge is 0.493 e. The van der Waals surface area contributed by atoms with Crippen LogP contribution in [0.3, 0.4) is 0 Å². The summed E-state index contributed by atoms with van der Waals surface area (Å²) in [6, 6.07) is 8.51. The molecule has 4 heteroatoms. The quantitative estimate of drug-likeness (QED) is 0.739. The molecule has 1 saturated carbocycles. The summed E-state index contributed by atoms with van der Waals surface area (Å²) >= 11 is 1.74. The number of rotatable bonds is 5. The third kappa shape index (κ3) is 3.24. The van der Waals surface area contributed by atoms with Crippen molar-refractivity contribution in [2.75, 3.05) is 12.9 Å². The van der Waals surface area contributed by atoms with Gasteiger partial charge in [-0.1, -0.05) is 6.92 Å². The van der Waals surface area contributed by atoms with E-state index >= 15 is 0 Å². The Kier molecular flexibility index (Phi) is 4.40. The second-order valence-corrected chi connectivity index (χ2v) is 8.41. The van der Waals surface area contributed by atoms with E-state index in [4.69, 9.17) is 4.74 Å². The molecule has 1 fully saturated rings. The normalized spacial score (nSPS) is 19.1. The van der Waals surface area contributed by atoms with E-state index < -0.39 is 0 Å². The summed E-state index contributed by atoms with van der Waals surface area (Å²) in [4.78, 5) is 13.8. The van der Waals surface area contributed by atoms with E-state index in [0.29, 0.717) is 5.92 Å². The van der Waals surface area contributed by atoms with Gasteiger partial charge in [-0.3, -0.25) is 4.79 Å². The molecule has 4 rings (SSSR count). The minimum atomic E-state index is 0.157. The molecule has 0 saturated heterocycles. The number of thioether (sulfide) groups is 1. The zero-order chi connectivity index (χ0) is 17.6. The van der Waals surface area contributed by atoms with Crippen LogP contribution in [0.4, 0.5) is 0 Å². The number of hydrogen-bond acceptors (Lipinski definition) is 3. The first-order valence-corrected chi connectivity index (χ1v) is 10.3. The average molecular weight is 356 g/mol. The number of fused-ring (bicyclic) bond motifs is 1. The van der Waals surface area contributed by atoms with Gasteiger partial charge in [-0.15, -0.1) is 11.8 Å². The lowest BCUT2D eigenvalue weighted by molar-refractivity contribution is 0.301. The van der Waals surface area contributed by atoms with Crippen molar-refractivity contribution < 1.29 is 4.74 Å². The zero-order valence-electron chi connectivity index (χ0n) is 15.2. The molecule has 2 aliphatic rings. The highest BCUT2D eigenvalue weighted by Gasteiger charge is 2.26. The topological polar surface area (TPSA) is 31.2 Å². The summed E-state index contributed by atoms with van der Waals surface area (Å²) in [5, 5.41) is 0. The van der Waals surface area contributed by atoms with Crippen molar-refractivity contribution >= 4 is 11.8 Å². The SMILES string of the molecule is CSc1ccc(OCC2CC2)c(-c2cc(C)c(=O)n3c2C[C@@H](C)C3)c1. The highest BCUT2D eigenvalue weighted by Crippen LogP contribution is 2.39. The Balaban J connectivity index is 1.84. The third-order valence-corrected chi connectivity index (χ3v) is 5.99. The van der Waals surface area contributed by atoms with Crippen LogP contribution in [-0.2, 0) is 13.0 Å². The van der Waals surface area contributed by atoms with Crippen LogP contribution in [0.5, 0.6) is 5.75 Å². The van der Waals surface area contributed by atoms with Crippen LogP contribution < -0.4 is 10.3 Å². The number of nitrogens with zero attached hydrogens (tertiary/aromatic N) is 1. The van der Waals surface area contributed by atoms with Crippen LogP contribution in [0.15, 0.2) is 34.0 Å². The maximum absolute atomic E-state index is 12.5. The van der Waals surface area contributed by atoms with Crippen molar-refractivity contribution in [2.24, 2.45) is 11.8 Å². The lowest BCUT2D eigenvalue weighted by Crippen LogP contribution is -2.22. The third-order valence-electron chi connectivity index (χ3n) is 5.26. The Bertz CT molecular complexity index is 867. The Morgan fingerprint density at radius 2 is 2.04 bits per heavy atom. The molecule has 0 N–H and O–H groups in total. The van der Waals surface area contributed by atoms with Gasteiger partial charge in [0.2, 0.25) is 0 Å². The van der Waals surface area contributed by atoms with E-state index in [2.05, 4.69) is 37.4 Å². The molecule has 2 aromatic rings. The summed E-state index contributed by atoms with van der Waals surface area (Å²) in [5.41, 5.74) is 4.44. The van der Waals surface area contributed by atoms with Gasteiger partial charge in [0.05, 0.1) is 6.61 Å². The predicted octanol–water partition coefficient (Wildman–Crippen LogP) is 4.53. The molecular formula is C21H25NO2S. The van der Waals surface area contributed by atoms with E-state index in [0.717, 1.165) is 48.1 Å². The zero-order valence-corrected chi connectivity index (χ0v) is 16.0.